The average molecular weight is 416 g/mol. The molecule has 0 radical (unpaired) electrons. The smallest absolute Gasteiger partial charge is 0.255 e. The molecule has 2 aromatic carbocycles. The highest BCUT2D eigenvalue weighted by Gasteiger charge is 2.24. The van der Waals surface area contributed by atoms with E-state index in [9.17, 15) is 4.79 Å². The largest absolute Gasteiger partial charge is 0.493 e. The lowest BCUT2D eigenvalue weighted by atomic mass is 10.1. The van der Waals surface area contributed by atoms with Crippen LogP contribution in [0.4, 0.5) is 0 Å². The van der Waals surface area contributed by atoms with Gasteiger partial charge in [-0.1, -0.05) is 37.6 Å². The van der Waals surface area contributed by atoms with Gasteiger partial charge in [-0.05, 0) is 36.6 Å². The summed E-state index contributed by atoms with van der Waals surface area (Å²) in [5.74, 6) is 1.87. The molecule has 1 heterocycles. The second-order valence-corrected chi connectivity index (χ2v) is 7.65. The third-order valence-electron chi connectivity index (χ3n) is 4.76. The minimum atomic E-state index is -0.169. The lowest BCUT2D eigenvalue weighted by Crippen LogP contribution is -2.33. The van der Waals surface area contributed by atoms with E-state index >= 15 is 0 Å². The van der Waals surface area contributed by atoms with Crippen molar-refractivity contribution in [3.05, 3.63) is 52.8 Å². The van der Waals surface area contributed by atoms with Gasteiger partial charge in [0.2, 0.25) is 0 Å². The molecule has 0 fully saturated rings. The number of hydrogen-bond donors (Lipinski definition) is 1. The molecule has 3 aromatic rings. The third kappa shape index (κ3) is 4.65. The number of aromatic amines is 1. The van der Waals surface area contributed by atoms with Crippen molar-refractivity contribution in [2.75, 3.05) is 20.8 Å². The van der Waals surface area contributed by atoms with Crippen LogP contribution < -0.4 is 9.47 Å². The number of rotatable bonds is 8. The van der Waals surface area contributed by atoms with Crippen molar-refractivity contribution in [3.63, 3.8) is 0 Å². The molecule has 0 saturated carbocycles. The molecular formula is C22H26ClN3O3. The Kier molecular flexibility index (Phi) is 6.64. The number of amides is 1. The van der Waals surface area contributed by atoms with E-state index in [1.807, 2.05) is 24.3 Å². The van der Waals surface area contributed by atoms with Crippen LogP contribution in [0.1, 0.15) is 36.5 Å². The molecular weight excluding hydrogens is 390 g/mol. The Balaban J connectivity index is 1.92. The van der Waals surface area contributed by atoms with Crippen molar-refractivity contribution < 1.29 is 14.3 Å². The van der Waals surface area contributed by atoms with E-state index < -0.39 is 0 Å². The predicted molar refractivity (Wildman–Crippen MR) is 115 cm³/mol. The van der Waals surface area contributed by atoms with E-state index in [0.717, 1.165) is 23.3 Å². The number of carbonyl (C=O) groups is 1. The first-order valence-electron chi connectivity index (χ1n) is 9.58. The Morgan fingerprint density at radius 3 is 2.59 bits per heavy atom. The van der Waals surface area contributed by atoms with Crippen molar-refractivity contribution in [2.24, 2.45) is 5.92 Å². The first-order valence-corrected chi connectivity index (χ1v) is 9.95. The molecule has 3 rings (SSSR count). The highest BCUT2D eigenvalue weighted by molar-refractivity contribution is 6.35. The molecule has 0 spiro atoms. The van der Waals surface area contributed by atoms with Gasteiger partial charge in [-0.25, -0.2) is 4.98 Å². The summed E-state index contributed by atoms with van der Waals surface area (Å²) in [6, 6.07) is 11.2. The van der Waals surface area contributed by atoms with Gasteiger partial charge in [-0.15, -0.1) is 0 Å². The lowest BCUT2D eigenvalue weighted by molar-refractivity contribution is 0.0731. The molecule has 0 saturated heterocycles. The fraction of sp³-hybridized carbons (Fsp3) is 0.364. The van der Waals surface area contributed by atoms with Gasteiger partial charge in [0, 0.05) is 6.54 Å². The zero-order valence-electron chi connectivity index (χ0n) is 17.2. The highest BCUT2D eigenvalue weighted by Crippen LogP contribution is 2.37. The Bertz CT molecular complexity index is 967. The number of aromatic nitrogens is 2. The van der Waals surface area contributed by atoms with E-state index in [-0.39, 0.29) is 10.9 Å². The molecule has 7 heteroatoms. The number of benzene rings is 2. The van der Waals surface area contributed by atoms with Crippen LogP contribution in [0.5, 0.6) is 11.5 Å². The van der Waals surface area contributed by atoms with Gasteiger partial charge in [0.05, 0.1) is 42.4 Å². The maximum Gasteiger partial charge on any atom is 0.255 e. The zero-order chi connectivity index (χ0) is 21.0. The van der Waals surface area contributed by atoms with E-state index in [2.05, 4.69) is 23.8 Å². The maximum absolute atomic E-state index is 13.4. The van der Waals surface area contributed by atoms with Crippen molar-refractivity contribution in [3.8, 4) is 11.5 Å². The number of ether oxygens (including phenoxy) is 2. The van der Waals surface area contributed by atoms with Gasteiger partial charge in [-0.3, -0.25) is 4.79 Å². The average Bonchev–Trinajstić information content (AvgIpc) is 3.12. The molecule has 29 heavy (non-hydrogen) atoms. The molecule has 1 N–H and O–H groups in total. The molecule has 154 valence electrons. The zero-order valence-corrected chi connectivity index (χ0v) is 17.9. The van der Waals surface area contributed by atoms with Gasteiger partial charge in [-0.2, -0.15) is 0 Å². The summed E-state index contributed by atoms with van der Waals surface area (Å²) in [7, 11) is 3.04. The fourth-order valence-corrected chi connectivity index (χ4v) is 3.47. The Hall–Kier alpha value is -2.73. The van der Waals surface area contributed by atoms with Crippen molar-refractivity contribution >= 4 is 28.5 Å². The molecule has 0 bridgehead atoms. The van der Waals surface area contributed by atoms with Crippen molar-refractivity contribution in [2.45, 2.75) is 26.8 Å². The van der Waals surface area contributed by atoms with Crippen LogP contribution in [-0.2, 0) is 6.54 Å². The van der Waals surface area contributed by atoms with Gasteiger partial charge in [0.15, 0.2) is 11.5 Å². The molecule has 0 aliphatic heterocycles. The van der Waals surface area contributed by atoms with Crippen LogP contribution >= 0.6 is 11.6 Å². The summed E-state index contributed by atoms with van der Waals surface area (Å²) < 4.78 is 10.6. The third-order valence-corrected chi connectivity index (χ3v) is 5.13. The number of carbonyl (C=O) groups excluding carboxylic acids is 1. The second kappa shape index (κ2) is 9.18. The van der Waals surface area contributed by atoms with Crippen molar-refractivity contribution in [1.82, 2.24) is 14.9 Å². The maximum atomic E-state index is 13.4. The van der Waals surface area contributed by atoms with Gasteiger partial charge in [0.25, 0.3) is 5.91 Å². The number of methoxy groups -OCH3 is 2. The summed E-state index contributed by atoms with van der Waals surface area (Å²) in [6.07, 6.45) is 0.872. The molecule has 0 unspecified atom stereocenters. The van der Waals surface area contributed by atoms with E-state index in [1.54, 1.807) is 17.0 Å². The number of nitrogens with one attached hydrogen (secondary N) is 1. The number of halogens is 1. The van der Waals surface area contributed by atoms with Crippen LogP contribution in [-0.4, -0.2) is 41.5 Å². The number of imidazole rings is 1. The summed E-state index contributed by atoms with van der Waals surface area (Å²) in [5, 5.41) is 0.246. The van der Waals surface area contributed by atoms with E-state index in [0.29, 0.717) is 36.1 Å². The van der Waals surface area contributed by atoms with Crippen LogP contribution in [0.15, 0.2) is 36.4 Å². The molecule has 0 aliphatic carbocycles. The van der Waals surface area contributed by atoms with E-state index in [4.69, 9.17) is 21.1 Å². The monoisotopic (exact) mass is 415 g/mol. The number of fused-ring (bicyclic) bond motifs is 1. The van der Waals surface area contributed by atoms with E-state index in [1.165, 1.54) is 14.2 Å². The van der Waals surface area contributed by atoms with Crippen LogP contribution in [0.3, 0.4) is 0 Å². The molecule has 0 aliphatic rings. The summed E-state index contributed by atoms with van der Waals surface area (Å²) >= 11 is 6.49. The Morgan fingerprint density at radius 1 is 1.17 bits per heavy atom. The number of hydrogen-bond acceptors (Lipinski definition) is 4. The summed E-state index contributed by atoms with van der Waals surface area (Å²) in [4.78, 5) is 23.0. The quantitative estimate of drug-likeness (QED) is 0.566. The molecule has 1 aromatic heterocycles. The number of H-pyrrole nitrogens is 1. The molecule has 6 nitrogen and oxygen atoms in total. The van der Waals surface area contributed by atoms with Crippen LogP contribution in [0.2, 0.25) is 5.02 Å². The Morgan fingerprint density at radius 2 is 1.93 bits per heavy atom. The van der Waals surface area contributed by atoms with Crippen LogP contribution in [0, 0.1) is 5.92 Å². The normalized spacial score (nSPS) is 11.1. The first-order chi connectivity index (χ1) is 13.9. The fourth-order valence-electron chi connectivity index (χ4n) is 3.15. The van der Waals surface area contributed by atoms with Crippen molar-refractivity contribution in [1.29, 1.82) is 0 Å². The minimum Gasteiger partial charge on any atom is -0.493 e. The minimum absolute atomic E-state index is 0.169. The second-order valence-electron chi connectivity index (χ2n) is 7.27. The topological polar surface area (TPSA) is 67.5 Å². The van der Waals surface area contributed by atoms with Gasteiger partial charge >= 0.3 is 0 Å². The Labute approximate surface area is 175 Å². The predicted octanol–water partition coefficient (Wildman–Crippen LogP) is 4.92. The number of para-hydroxylation sites is 2. The molecule has 1 amide bonds. The van der Waals surface area contributed by atoms with Gasteiger partial charge < -0.3 is 19.4 Å². The molecule has 0 atom stereocenters. The number of nitrogens with zero attached hydrogens (tertiary/aromatic N) is 2. The lowest BCUT2D eigenvalue weighted by Gasteiger charge is -2.24. The van der Waals surface area contributed by atoms with Crippen LogP contribution in [0.25, 0.3) is 11.0 Å². The summed E-state index contributed by atoms with van der Waals surface area (Å²) in [6.45, 7) is 5.23. The standard InChI is InChI=1S/C22H26ClN3O3/c1-14(2)11-12-26(13-19-24-16-7-5-6-8-17(16)25-19)22(27)15-9-10-18(28-3)21(29-4)20(15)23/h5-10,14H,11-13H2,1-4H3,(H,24,25). The highest BCUT2D eigenvalue weighted by atomic mass is 35.5. The summed E-state index contributed by atoms with van der Waals surface area (Å²) in [5.41, 5.74) is 2.20. The SMILES string of the molecule is COc1ccc(C(=O)N(CCC(C)C)Cc2nc3ccccc3[nH]2)c(Cl)c1OC. The first kappa shape index (κ1) is 21.0. The van der Waals surface area contributed by atoms with Gasteiger partial charge in [0.1, 0.15) is 5.82 Å².